The zero-order valence-corrected chi connectivity index (χ0v) is 17.5. The van der Waals surface area contributed by atoms with Crippen molar-refractivity contribution < 1.29 is 14.2 Å². The van der Waals surface area contributed by atoms with Gasteiger partial charge in [-0.15, -0.1) is 0 Å². The molecule has 1 heterocycles. The fourth-order valence-electron chi connectivity index (χ4n) is 2.85. The third-order valence-electron chi connectivity index (χ3n) is 4.21. The van der Waals surface area contributed by atoms with Gasteiger partial charge in [0.25, 0.3) is 0 Å². The van der Waals surface area contributed by atoms with Crippen molar-refractivity contribution >= 4 is 11.6 Å². The van der Waals surface area contributed by atoms with Gasteiger partial charge in [0.2, 0.25) is 0 Å². The lowest BCUT2D eigenvalue weighted by atomic mass is 10.1. The Labute approximate surface area is 167 Å². The molecule has 1 aromatic carbocycles. The largest absolute Gasteiger partial charge is 0.496 e. The predicted octanol–water partition coefficient (Wildman–Crippen LogP) is 3.69. The Balaban J connectivity index is 2.22. The summed E-state index contributed by atoms with van der Waals surface area (Å²) in [4.78, 5) is 9.17. The van der Waals surface area contributed by atoms with E-state index in [-0.39, 0.29) is 0 Å². The molecule has 28 heavy (non-hydrogen) atoms. The molecular weight excluding hydrogens is 356 g/mol. The maximum Gasteiger partial charge on any atom is 0.196 e. The highest BCUT2D eigenvalue weighted by atomic mass is 16.5. The maximum absolute atomic E-state index is 5.57. The molecule has 152 valence electrons. The molecule has 0 saturated carbocycles. The molecule has 0 aliphatic carbocycles. The van der Waals surface area contributed by atoms with Crippen LogP contribution in [0.5, 0.6) is 17.2 Å². The summed E-state index contributed by atoms with van der Waals surface area (Å²) in [5.74, 6) is 2.90. The quantitative estimate of drug-likeness (QED) is 0.532. The summed E-state index contributed by atoms with van der Waals surface area (Å²) in [5.41, 5.74) is 3.75. The van der Waals surface area contributed by atoms with Gasteiger partial charge in [-0.2, -0.15) is 0 Å². The van der Waals surface area contributed by atoms with E-state index in [1.54, 1.807) is 14.2 Å². The second-order valence-corrected chi connectivity index (χ2v) is 6.16. The van der Waals surface area contributed by atoms with Gasteiger partial charge in [0.15, 0.2) is 17.5 Å². The Morgan fingerprint density at radius 3 is 2.54 bits per heavy atom. The van der Waals surface area contributed by atoms with Crippen LogP contribution in [-0.4, -0.2) is 38.3 Å². The van der Waals surface area contributed by atoms with Crippen molar-refractivity contribution in [2.75, 3.05) is 32.7 Å². The van der Waals surface area contributed by atoms with Crippen LogP contribution in [0.1, 0.15) is 30.7 Å². The number of methoxy groups -OCH3 is 2. The molecule has 2 aromatic rings. The first kappa shape index (κ1) is 21.3. The van der Waals surface area contributed by atoms with Crippen molar-refractivity contribution in [1.29, 1.82) is 0 Å². The maximum atomic E-state index is 5.57. The number of aromatic nitrogens is 1. The molecule has 0 bridgehead atoms. The Hall–Kier alpha value is -2.96. The lowest BCUT2D eigenvalue weighted by Gasteiger charge is -2.15. The number of pyridine rings is 1. The zero-order chi connectivity index (χ0) is 20.5. The summed E-state index contributed by atoms with van der Waals surface area (Å²) in [6.45, 7) is 9.71. The van der Waals surface area contributed by atoms with Gasteiger partial charge in [-0.3, -0.25) is 4.98 Å². The van der Waals surface area contributed by atoms with E-state index >= 15 is 0 Å². The Morgan fingerprint density at radius 2 is 1.89 bits per heavy atom. The molecule has 0 amide bonds. The Bertz CT molecular complexity index is 822. The number of guanidine groups is 1. The third-order valence-corrected chi connectivity index (χ3v) is 4.21. The van der Waals surface area contributed by atoms with Crippen LogP contribution in [0, 0.1) is 13.8 Å². The molecule has 2 N–H and O–H groups in total. The molecule has 2 rings (SSSR count). The van der Waals surface area contributed by atoms with E-state index in [0.29, 0.717) is 30.6 Å². The number of anilines is 1. The second kappa shape index (κ2) is 10.4. The predicted molar refractivity (Wildman–Crippen MR) is 113 cm³/mol. The average Bonchev–Trinajstić information content (AvgIpc) is 2.69. The van der Waals surface area contributed by atoms with Crippen LogP contribution >= 0.6 is 0 Å². The first-order chi connectivity index (χ1) is 13.5. The standard InChI is InChI=1S/C21H30N4O3/c1-7-22-21(24-13-17-15(4)20(27-6)14(3)12-23-17)25-16-9-10-18(28-8-2)19(11-16)26-5/h9-12H,7-8,13H2,1-6H3,(H2,22,24,25). The van der Waals surface area contributed by atoms with Crippen LogP contribution in [0.4, 0.5) is 5.69 Å². The van der Waals surface area contributed by atoms with Gasteiger partial charge >= 0.3 is 0 Å². The van der Waals surface area contributed by atoms with Crippen molar-refractivity contribution in [2.45, 2.75) is 34.2 Å². The molecule has 1 aromatic heterocycles. The number of hydrogen-bond acceptors (Lipinski definition) is 5. The summed E-state index contributed by atoms with van der Waals surface area (Å²) in [5, 5.41) is 6.54. The lowest BCUT2D eigenvalue weighted by molar-refractivity contribution is 0.311. The second-order valence-electron chi connectivity index (χ2n) is 6.16. The van der Waals surface area contributed by atoms with Crippen molar-refractivity contribution in [3.8, 4) is 17.2 Å². The van der Waals surface area contributed by atoms with E-state index < -0.39 is 0 Å². The van der Waals surface area contributed by atoms with E-state index in [2.05, 4.69) is 20.6 Å². The number of rotatable bonds is 8. The molecule has 0 unspecified atom stereocenters. The lowest BCUT2D eigenvalue weighted by Crippen LogP contribution is -2.30. The first-order valence-corrected chi connectivity index (χ1v) is 9.39. The highest BCUT2D eigenvalue weighted by Crippen LogP contribution is 2.30. The molecule has 0 spiro atoms. The highest BCUT2D eigenvalue weighted by molar-refractivity contribution is 5.93. The highest BCUT2D eigenvalue weighted by Gasteiger charge is 2.10. The first-order valence-electron chi connectivity index (χ1n) is 9.39. The van der Waals surface area contributed by atoms with Gasteiger partial charge in [-0.05, 0) is 39.8 Å². The van der Waals surface area contributed by atoms with Gasteiger partial charge in [0.1, 0.15) is 5.75 Å². The number of aryl methyl sites for hydroxylation is 1. The summed E-state index contributed by atoms with van der Waals surface area (Å²) >= 11 is 0. The number of aliphatic imine (C=N–C) groups is 1. The monoisotopic (exact) mass is 386 g/mol. The number of ether oxygens (including phenoxy) is 3. The van der Waals surface area contributed by atoms with Crippen molar-refractivity contribution in [3.63, 3.8) is 0 Å². The minimum atomic E-state index is 0.436. The van der Waals surface area contributed by atoms with Crippen LogP contribution in [0.15, 0.2) is 29.4 Å². The molecular formula is C21H30N4O3. The van der Waals surface area contributed by atoms with Crippen LogP contribution in [0.25, 0.3) is 0 Å². The molecule has 7 nitrogen and oxygen atoms in total. The van der Waals surface area contributed by atoms with Crippen LogP contribution in [0.2, 0.25) is 0 Å². The number of hydrogen-bond donors (Lipinski definition) is 2. The molecule has 0 radical (unpaired) electrons. The van der Waals surface area contributed by atoms with E-state index in [0.717, 1.165) is 34.8 Å². The summed E-state index contributed by atoms with van der Waals surface area (Å²) in [6, 6.07) is 5.69. The van der Waals surface area contributed by atoms with E-state index in [1.165, 1.54) is 0 Å². The molecule has 0 saturated heterocycles. The fourth-order valence-corrected chi connectivity index (χ4v) is 2.85. The summed E-state index contributed by atoms with van der Waals surface area (Å²) < 4.78 is 16.5. The molecule has 0 aliphatic rings. The van der Waals surface area contributed by atoms with Crippen molar-refractivity contribution in [2.24, 2.45) is 4.99 Å². The number of benzene rings is 1. The van der Waals surface area contributed by atoms with Gasteiger partial charge in [-0.1, -0.05) is 0 Å². The van der Waals surface area contributed by atoms with Crippen LogP contribution in [-0.2, 0) is 6.54 Å². The summed E-state index contributed by atoms with van der Waals surface area (Å²) in [6.07, 6.45) is 1.81. The minimum absolute atomic E-state index is 0.436. The van der Waals surface area contributed by atoms with Crippen LogP contribution < -0.4 is 24.8 Å². The molecule has 0 aliphatic heterocycles. The third kappa shape index (κ3) is 5.28. The van der Waals surface area contributed by atoms with E-state index in [1.807, 2.05) is 52.1 Å². The molecule has 0 fully saturated rings. The summed E-state index contributed by atoms with van der Waals surface area (Å²) in [7, 11) is 3.30. The Morgan fingerprint density at radius 1 is 1.11 bits per heavy atom. The van der Waals surface area contributed by atoms with Crippen LogP contribution in [0.3, 0.4) is 0 Å². The van der Waals surface area contributed by atoms with Gasteiger partial charge in [0.05, 0.1) is 33.1 Å². The normalized spacial score (nSPS) is 11.1. The number of nitrogens with zero attached hydrogens (tertiary/aromatic N) is 2. The van der Waals surface area contributed by atoms with Crippen molar-refractivity contribution in [1.82, 2.24) is 10.3 Å². The average molecular weight is 386 g/mol. The number of nitrogens with one attached hydrogen (secondary N) is 2. The van der Waals surface area contributed by atoms with Gasteiger partial charge in [0, 0.05) is 35.6 Å². The minimum Gasteiger partial charge on any atom is -0.496 e. The van der Waals surface area contributed by atoms with E-state index in [4.69, 9.17) is 14.2 Å². The van der Waals surface area contributed by atoms with Gasteiger partial charge < -0.3 is 24.8 Å². The smallest absolute Gasteiger partial charge is 0.196 e. The topological polar surface area (TPSA) is 77.0 Å². The van der Waals surface area contributed by atoms with Crippen molar-refractivity contribution in [3.05, 3.63) is 41.2 Å². The SMILES string of the molecule is CCNC(=NCc1ncc(C)c(OC)c1C)Nc1ccc(OCC)c(OC)c1. The van der Waals surface area contributed by atoms with E-state index in [9.17, 15) is 0 Å². The molecule has 7 heteroatoms. The molecule has 0 atom stereocenters. The Kier molecular flexibility index (Phi) is 7.92. The fraction of sp³-hybridized carbons (Fsp3) is 0.429. The van der Waals surface area contributed by atoms with Gasteiger partial charge in [-0.25, -0.2) is 4.99 Å². The zero-order valence-electron chi connectivity index (χ0n) is 17.5.